The second-order valence-corrected chi connectivity index (χ2v) is 9.38. The number of aromatic nitrogens is 3. The number of thiazole rings is 1. The van der Waals surface area contributed by atoms with Gasteiger partial charge in [-0.25, -0.2) is 9.97 Å². The van der Waals surface area contributed by atoms with Gasteiger partial charge in [0, 0.05) is 23.3 Å². The van der Waals surface area contributed by atoms with Crippen molar-refractivity contribution in [1.82, 2.24) is 20.3 Å². The van der Waals surface area contributed by atoms with Crippen LogP contribution in [-0.2, 0) is 0 Å². The number of rotatable bonds is 3. The van der Waals surface area contributed by atoms with Crippen LogP contribution in [0.3, 0.4) is 0 Å². The molecule has 0 fully saturated rings. The van der Waals surface area contributed by atoms with Crippen LogP contribution in [0.5, 0.6) is 0 Å². The molecule has 1 unspecified atom stereocenters. The van der Waals surface area contributed by atoms with Crippen LogP contribution < -0.4 is 5.32 Å². The third kappa shape index (κ3) is 2.82. The zero-order chi connectivity index (χ0) is 22.6. The van der Waals surface area contributed by atoms with E-state index in [4.69, 9.17) is 4.98 Å². The average Bonchev–Trinajstić information content (AvgIpc) is 3.60. The molecular weight excluding hydrogens is 440 g/mol. The van der Waals surface area contributed by atoms with Gasteiger partial charge in [-0.15, -0.1) is 11.3 Å². The maximum Gasteiger partial charge on any atom is 0.252 e. The molecule has 6 aromatic rings. The lowest BCUT2D eigenvalue weighted by Crippen LogP contribution is -2.28. The molecule has 1 atom stereocenters. The number of H-pyrrole nitrogens is 1. The third-order valence-electron chi connectivity index (χ3n) is 6.45. The number of fused-ring (bicyclic) bond motifs is 5. The third-order valence-corrected chi connectivity index (χ3v) is 7.52. The molecule has 3 aromatic carbocycles. The molecule has 1 aliphatic rings. The Hall–Kier alpha value is -4.29. The number of benzene rings is 3. The maximum atomic E-state index is 13.4. The first kappa shape index (κ1) is 19.2. The summed E-state index contributed by atoms with van der Waals surface area (Å²) in [6, 6.07) is 26.2. The Morgan fingerprint density at radius 1 is 0.882 bits per heavy atom. The van der Waals surface area contributed by atoms with Gasteiger partial charge in [-0.2, -0.15) is 0 Å². The van der Waals surface area contributed by atoms with Gasteiger partial charge in [-0.1, -0.05) is 54.6 Å². The fourth-order valence-corrected chi connectivity index (χ4v) is 5.94. The molecular formula is C28H18N4OS. The summed E-state index contributed by atoms with van der Waals surface area (Å²) in [5.41, 5.74) is 7.88. The molecule has 0 saturated carbocycles. The molecule has 5 nitrogen and oxygen atoms in total. The minimum absolute atomic E-state index is 0.120. The van der Waals surface area contributed by atoms with Gasteiger partial charge in [0.15, 0.2) is 0 Å². The highest BCUT2D eigenvalue weighted by Crippen LogP contribution is 2.49. The lowest BCUT2D eigenvalue weighted by Gasteiger charge is -2.16. The Morgan fingerprint density at radius 2 is 1.71 bits per heavy atom. The largest absolute Gasteiger partial charge is 0.346 e. The van der Waals surface area contributed by atoms with Crippen LogP contribution in [0.4, 0.5) is 0 Å². The van der Waals surface area contributed by atoms with Crippen LogP contribution in [0.25, 0.3) is 42.9 Å². The summed E-state index contributed by atoms with van der Waals surface area (Å²) in [7, 11) is 0. The number of para-hydroxylation sites is 1. The van der Waals surface area contributed by atoms with Gasteiger partial charge in [0.2, 0.25) is 0 Å². The van der Waals surface area contributed by atoms with Crippen molar-refractivity contribution in [1.29, 1.82) is 0 Å². The van der Waals surface area contributed by atoms with E-state index in [-0.39, 0.29) is 11.9 Å². The van der Waals surface area contributed by atoms with E-state index in [2.05, 4.69) is 51.7 Å². The predicted octanol–water partition coefficient (Wildman–Crippen LogP) is 6.34. The fraction of sp³-hybridized carbons (Fsp3) is 0.0357. The lowest BCUT2D eigenvalue weighted by atomic mass is 9.99. The Balaban J connectivity index is 1.36. The smallest absolute Gasteiger partial charge is 0.252 e. The number of carbonyl (C=O) groups excluding carboxylic acids is 1. The highest BCUT2D eigenvalue weighted by molar-refractivity contribution is 7.21. The molecule has 162 valence electrons. The molecule has 34 heavy (non-hydrogen) atoms. The van der Waals surface area contributed by atoms with Crippen LogP contribution >= 0.6 is 11.3 Å². The molecule has 0 saturated heterocycles. The Morgan fingerprint density at radius 3 is 2.65 bits per heavy atom. The summed E-state index contributed by atoms with van der Waals surface area (Å²) in [5, 5.41) is 5.10. The number of carbonyl (C=O) groups is 1. The van der Waals surface area contributed by atoms with Crippen molar-refractivity contribution in [2.45, 2.75) is 6.04 Å². The number of nitrogens with one attached hydrogen (secondary N) is 2. The quantitative estimate of drug-likeness (QED) is 0.325. The van der Waals surface area contributed by atoms with Gasteiger partial charge in [-0.3, -0.25) is 4.79 Å². The summed E-state index contributed by atoms with van der Waals surface area (Å²) in [4.78, 5) is 25.7. The second-order valence-electron chi connectivity index (χ2n) is 8.35. The van der Waals surface area contributed by atoms with E-state index >= 15 is 0 Å². The summed E-state index contributed by atoms with van der Waals surface area (Å²) in [6.07, 6.45) is 3.47. The number of hydrogen-bond donors (Lipinski definition) is 2. The maximum absolute atomic E-state index is 13.4. The van der Waals surface area contributed by atoms with Crippen molar-refractivity contribution < 1.29 is 4.79 Å². The lowest BCUT2D eigenvalue weighted by molar-refractivity contribution is 0.0945. The normalized spacial score (nSPS) is 14.3. The standard InChI is InChI=1S/C28H18N4OS/c33-27(19-13-15-30-26-18(19)12-14-29-26)32-25-17-7-2-1-6-16(17)24-20(25)8-5-9-21(24)28-31-22-10-3-4-11-23(22)34-28/h1-15,25H,(H,29,30)(H,32,33). The van der Waals surface area contributed by atoms with Crippen LogP contribution in [0.2, 0.25) is 0 Å². The molecule has 7 rings (SSSR count). The van der Waals surface area contributed by atoms with Crippen molar-refractivity contribution in [3.8, 4) is 21.7 Å². The molecule has 0 radical (unpaired) electrons. The van der Waals surface area contributed by atoms with Crippen LogP contribution in [0.15, 0.2) is 91.3 Å². The summed E-state index contributed by atoms with van der Waals surface area (Å²) in [5.74, 6) is -0.120. The number of aromatic amines is 1. The number of amides is 1. The van der Waals surface area contributed by atoms with Gasteiger partial charge in [0.05, 0.1) is 21.8 Å². The molecule has 1 aliphatic carbocycles. The molecule has 3 heterocycles. The van der Waals surface area contributed by atoms with Crippen LogP contribution in [-0.4, -0.2) is 20.9 Å². The van der Waals surface area contributed by atoms with E-state index in [1.165, 1.54) is 4.70 Å². The fourth-order valence-electron chi connectivity index (χ4n) is 4.94. The molecule has 3 aromatic heterocycles. The predicted molar refractivity (Wildman–Crippen MR) is 136 cm³/mol. The van der Waals surface area contributed by atoms with Crippen molar-refractivity contribution in [2.24, 2.45) is 0 Å². The molecule has 0 aliphatic heterocycles. The van der Waals surface area contributed by atoms with E-state index in [1.807, 2.05) is 36.4 Å². The minimum Gasteiger partial charge on any atom is -0.346 e. The monoisotopic (exact) mass is 458 g/mol. The van der Waals surface area contributed by atoms with Gasteiger partial charge >= 0.3 is 0 Å². The van der Waals surface area contributed by atoms with E-state index < -0.39 is 0 Å². The Labute approximate surface area is 199 Å². The number of hydrogen-bond acceptors (Lipinski definition) is 4. The topological polar surface area (TPSA) is 70.7 Å². The van der Waals surface area contributed by atoms with Crippen molar-refractivity contribution >= 4 is 38.5 Å². The average molecular weight is 459 g/mol. The van der Waals surface area contributed by atoms with Gasteiger partial charge in [0.1, 0.15) is 10.7 Å². The van der Waals surface area contributed by atoms with Crippen LogP contribution in [0, 0.1) is 0 Å². The van der Waals surface area contributed by atoms with E-state index in [1.54, 1.807) is 29.8 Å². The summed E-state index contributed by atoms with van der Waals surface area (Å²) < 4.78 is 1.17. The van der Waals surface area contributed by atoms with E-state index in [0.717, 1.165) is 43.7 Å². The molecule has 2 N–H and O–H groups in total. The molecule has 1 amide bonds. The molecule has 0 spiro atoms. The molecule has 6 heteroatoms. The van der Waals surface area contributed by atoms with Gasteiger partial charge < -0.3 is 10.3 Å². The van der Waals surface area contributed by atoms with Crippen molar-refractivity contribution in [3.05, 3.63) is 108 Å². The number of nitrogens with zero attached hydrogens (tertiary/aromatic N) is 2. The summed E-state index contributed by atoms with van der Waals surface area (Å²) >= 11 is 1.70. The summed E-state index contributed by atoms with van der Waals surface area (Å²) in [6.45, 7) is 0. The first-order valence-electron chi connectivity index (χ1n) is 11.1. The second kappa shape index (κ2) is 7.37. The highest BCUT2D eigenvalue weighted by Gasteiger charge is 2.32. The zero-order valence-corrected chi connectivity index (χ0v) is 18.8. The van der Waals surface area contributed by atoms with Gasteiger partial charge in [0.25, 0.3) is 5.91 Å². The van der Waals surface area contributed by atoms with E-state index in [0.29, 0.717) is 11.2 Å². The Kier molecular flexibility index (Phi) is 4.16. The minimum atomic E-state index is -0.241. The van der Waals surface area contributed by atoms with Crippen molar-refractivity contribution in [2.75, 3.05) is 0 Å². The first-order valence-corrected chi connectivity index (χ1v) is 11.9. The van der Waals surface area contributed by atoms with Gasteiger partial charge in [-0.05, 0) is 46.5 Å². The SMILES string of the molecule is O=C(NC1c2ccccc2-c2c(-c3nc4ccccc4s3)cccc21)c1ccnc2[nH]ccc12. The highest BCUT2D eigenvalue weighted by atomic mass is 32.1. The number of pyridine rings is 1. The van der Waals surface area contributed by atoms with Crippen LogP contribution in [0.1, 0.15) is 27.5 Å². The molecule has 0 bridgehead atoms. The van der Waals surface area contributed by atoms with E-state index in [9.17, 15) is 4.79 Å². The zero-order valence-electron chi connectivity index (χ0n) is 17.9. The first-order chi connectivity index (χ1) is 16.8. The van der Waals surface area contributed by atoms with Crippen molar-refractivity contribution in [3.63, 3.8) is 0 Å². The Bertz CT molecular complexity index is 1700.